The van der Waals surface area contributed by atoms with Crippen LogP contribution >= 0.6 is 27.5 Å². The number of pyridine rings is 1. The molecule has 0 aliphatic carbocycles. The number of nitrogens with one attached hydrogen (secondary N) is 1. The van der Waals surface area contributed by atoms with Gasteiger partial charge in [-0.2, -0.15) is 0 Å². The molecule has 0 unspecified atom stereocenters. The normalized spacial score (nSPS) is 9.86. The predicted octanol–water partition coefficient (Wildman–Crippen LogP) is 1.78. The van der Waals surface area contributed by atoms with E-state index in [0.717, 1.165) is 4.47 Å². The SMILES string of the molecule is NC(=O)CCNc1ncc(Br)cc1Cl. The molecule has 1 aromatic rings. The molecule has 76 valence electrons. The number of hydrogen-bond donors (Lipinski definition) is 2. The van der Waals surface area contributed by atoms with Crippen LogP contribution in [-0.2, 0) is 4.79 Å². The second-order valence-corrected chi connectivity index (χ2v) is 3.95. The zero-order valence-corrected chi connectivity index (χ0v) is 9.60. The fourth-order valence-corrected chi connectivity index (χ4v) is 1.55. The largest absolute Gasteiger partial charge is 0.370 e. The van der Waals surface area contributed by atoms with Gasteiger partial charge in [0.15, 0.2) is 0 Å². The highest BCUT2D eigenvalue weighted by molar-refractivity contribution is 9.10. The van der Waals surface area contributed by atoms with E-state index in [1.807, 2.05) is 0 Å². The molecular formula is C8H9BrClN3O. The van der Waals surface area contributed by atoms with Crippen molar-refractivity contribution in [3.8, 4) is 0 Å². The summed E-state index contributed by atoms with van der Waals surface area (Å²) in [5.74, 6) is 0.196. The highest BCUT2D eigenvalue weighted by atomic mass is 79.9. The van der Waals surface area contributed by atoms with Gasteiger partial charge in [-0.25, -0.2) is 4.98 Å². The summed E-state index contributed by atoms with van der Waals surface area (Å²) in [6.07, 6.45) is 1.88. The van der Waals surface area contributed by atoms with Gasteiger partial charge in [0.25, 0.3) is 0 Å². The zero-order chi connectivity index (χ0) is 10.6. The number of aromatic nitrogens is 1. The molecule has 0 aliphatic heterocycles. The lowest BCUT2D eigenvalue weighted by Gasteiger charge is -2.05. The summed E-state index contributed by atoms with van der Waals surface area (Å²) in [7, 11) is 0. The molecule has 0 aliphatic rings. The van der Waals surface area contributed by atoms with Crippen LogP contribution in [0.5, 0.6) is 0 Å². The van der Waals surface area contributed by atoms with Gasteiger partial charge in [0, 0.05) is 23.6 Å². The number of amides is 1. The minimum atomic E-state index is -0.356. The minimum absolute atomic E-state index is 0.258. The Labute approximate surface area is 95.0 Å². The Morgan fingerprint density at radius 1 is 1.71 bits per heavy atom. The lowest BCUT2D eigenvalue weighted by atomic mass is 10.4. The predicted molar refractivity (Wildman–Crippen MR) is 59.2 cm³/mol. The van der Waals surface area contributed by atoms with E-state index in [4.69, 9.17) is 17.3 Å². The average Bonchev–Trinajstić information content (AvgIpc) is 2.08. The standard InChI is InChI=1S/C8H9BrClN3O/c9-5-3-6(10)8(13-4-5)12-2-1-7(11)14/h3-4H,1-2H2,(H2,11,14)(H,12,13). The maximum atomic E-state index is 10.4. The first-order valence-corrected chi connectivity index (χ1v) is 5.10. The molecule has 0 bridgehead atoms. The number of nitrogens with zero attached hydrogens (tertiary/aromatic N) is 1. The highest BCUT2D eigenvalue weighted by Gasteiger charge is 2.02. The molecule has 0 aromatic carbocycles. The molecule has 3 N–H and O–H groups in total. The van der Waals surface area contributed by atoms with Gasteiger partial charge < -0.3 is 11.1 Å². The number of nitrogens with two attached hydrogens (primary N) is 1. The number of anilines is 1. The van der Waals surface area contributed by atoms with Crippen LogP contribution in [0.1, 0.15) is 6.42 Å². The van der Waals surface area contributed by atoms with Crippen molar-refractivity contribution in [3.05, 3.63) is 21.8 Å². The van der Waals surface area contributed by atoms with Crippen molar-refractivity contribution < 1.29 is 4.79 Å². The van der Waals surface area contributed by atoms with Crippen molar-refractivity contribution >= 4 is 39.3 Å². The third-order valence-electron chi connectivity index (χ3n) is 1.47. The number of carbonyl (C=O) groups excluding carboxylic acids is 1. The number of halogens is 2. The topological polar surface area (TPSA) is 68.0 Å². The van der Waals surface area contributed by atoms with Gasteiger partial charge in [0.1, 0.15) is 5.82 Å². The first-order chi connectivity index (χ1) is 6.59. The summed E-state index contributed by atoms with van der Waals surface area (Å²) < 4.78 is 0.808. The molecule has 0 atom stereocenters. The zero-order valence-electron chi connectivity index (χ0n) is 7.26. The van der Waals surface area contributed by atoms with E-state index in [1.165, 1.54) is 0 Å². The molecule has 1 aromatic heterocycles. The Morgan fingerprint density at radius 3 is 3.00 bits per heavy atom. The van der Waals surface area contributed by atoms with Gasteiger partial charge in [-0.1, -0.05) is 11.6 Å². The van der Waals surface area contributed by atoms with E-state index in [1.54, 1.807) is 12.3 Å². The molecular weight excluding hydrogens is 269 g/mol. The molecule has 6 heteroatoms. The number of rotatable bonds is 4. The Balaban J connectivity index is 2.55. The molecule has 0 radical (unpaired) electrons. The minimum Gasteiger partial charge on any atom is -0.370 e. The molecule has 4 nitrogen and oxygen atoms in total. The molecule has 14 heavy (non-hydrogen) atoms. The fraction of sp³-hybridized carbons (Fsp3) is 0.250. The Kier molecular flexibility index (Phi) is 4.16. The quantitative estimate of drug-likeness (QED) is 0.882. The van der Waals surface area contributed by atoms with Crippen molar-refractivity contribution in [2.45, 2.75) is 6.42 Å². The Morgan fingerprint density at radius 2 is 2.43 bits per heavy atom. The van der Waals surface area contributed by atoms with Gasteiger partial charge in [-0.15, -0.1) is 0 Å². The molecule has 1 heterocycles. The van der Waals surface area contributed by atoms with Crippen LogP contribution in [0, 0.1) is 0 Å². The monoisotopic (exact) mass is 277 g/mol. The summed E-state index contributed by atoms with van der Waals surface area (Å²) in [5.41, 5.74) is 4.98. The van der Waals surface area contributed by atoms with E-state index >= 15 is 0 Å². The lowest BCUT2D eigenvalue weighted by molar-refractivity contribution is -0.117. The van der Waals surface area contributed by atoms with E-state index in [9.17, 15) is 4.79 Å². The number of carbonyl (C=O) groups is 1. The fourth-order valence-electron chi connectivity index (χ4n) is 0.849. The van der Waals surface area contributed by atoms with E-state index in [2.05, 4.69) is 26.2 Å². The average molecular weight is 279 g/mol. The lowest BCUT2D eigenvalue weighted by Crippen LogP contribution is -2.16. The Bertz CT molecular complexity index is 345. The summed E-state index contributed by atoms with van der Waals surface area (Å²) in [5, 5.41) is 3.41. The molecule has 0 saturated heterocycles. The van der Waals surface area contributed by atoms with E-state index < -0.39 is 0 Å². The second-order valence-electron chi connectivity index (χ2n) is 2.63. The van der Waals surface area contributed by atoms with E-state index in [0.29, 0.717) is 17.4 Å². The van der Waals surface area contributed by atoms with Gasteiger partial charge in [-0.05, 0) is 22.0 Å². The van der Waals surface area contributed by atoms with Crippen LogP contribution in [0.3, 0.4) is 0 Å². The van der Waals surface area contributed by atoms with Gasteiger partial charge in [-0.3, -0.25) is 4.79 Å². The molecule has 0 saturated carbocycles. The molecule has 1 rings (SSSR count). The third kappa shape index (κ3) is 3.51. The highest BCUT2D eigenvalue weighted by Crippen LogP contribution is 2.22. The van der Waals surface area contributed by atoms with Crippen LogP contribution < -0.4 is 11.1 Å². The summed E-state index contributed by atoms with van der Waals surface area (Å²) >= 11 is 9.11. The van der Waals surface area contributed by atoms with E-state index in [-0.39, 0.29) is 12.3 Å². The molecule has 0 spiro atoms. The first-order valence-electron chi connectivity index (χ1n) is 3.93. The van der Waals surface area contributed by atoms with Crippen LogP contribution in [0.2, 0.25) is 5.02 Å². The third-order valence-corrected chi connectivity index (χ3v) is 2.19. The summed E-state index contributed by atoms with van der Waals surface area (Å²) in [6, 6.07) is 1.72. The van der Waals surface area contributed by atoms with Gasteiger partial charge >= 0.3 is 0 Å². The van der Waals surface area contributed by atoms with Crippen LogP contribution in [0.25, 0.3) is 0 Å². The molecule has 0 fully saturated rings. The second kappa shape index (κ2) is 5.17. The van der Waals surface area contributed by atoms with Crippen molar-refractivity contribution in [2.75, 3.05) is 11.9 Å². The maximum absolute atomic E-state index is 10.4. The van der Waals surface area contributed by atoms with Crippen LogP contribution in [-0.4, -0.2) is 17.4 Å². The summed E-state index contributed by atoms with van der Waals surface area (Å²) in [6.45, 7) is 0.434. The summed E-state index contributed by atoms with van der Waals surface area (Å²) in [4.78, 5) is 14.5. The smallest absolute Gasteiger partial charge is 0.219 e. The van der Waals surface area contributed by atoms with Crippen molar-refractivity contribution in [2.24, 2.45) is 5.73 Å². The van der Waals surface area contributed by atoms with Crippen molar-refractivity contribution in [1.29, 1.82) is 0 Å². The van der Waals surface area contributed by atoms with Crippen molar-refractivity contribution in [1.82, 2.24) is 4.98 Å². The van der Waals surface area contributed by atoms with Gasteiger partial charge in [0.05, 0.1) is 5.02 Å². The van der Waals surface area contributed by atoms with Crippen LogP contribution in [0.15, 0.2) is 16.7 Å². The number of hydrogen-bond acceptors (Lipinski definition) is 3. The first kappa shape index (κ1) is 11.3. The maximum Gasteiger partial charge on any atom is 0.219 e. The van der Waals surface area contributed by atoms with Crippen molar-refractivity contribution in [3.63, 3.8) is 0 Å². The van der Waals surface area contributed by atoms with Gasteiger partial charge in [0.2, 0.25) is 5.91 Å². The Hall–Kier alpha value is -0.810. The number of primary amides is 1. The van der Waals surface area contributed by atoms with Crippen LogP contribution in [0.4, 0.5) is 5.82 Å². The molecule has 1 amide bonds.